The van der Waals surface area contributed by atoms with E-state index in [4.69, 9.17) is 16.9 Å². The second-order valence-corrected chi connectivity index (χ2v) is 3.98. The van der Waals surface area contributed by atoms with E-state index in [1.807, 2.05) is 6.07 Å². The van der Waals surface area contributed by atoms with Gasteiger partial charge in [0.2, 0.25) is 5.91 Å². The van der Waals surface area contributed by atoms with E-state index in [-0.39, 0.29) is 12.5 Å². The maximum absolute atomic E-state index is 11.3. The van der Waals surface area contributed by atoms with Crippen molar-refractivity contribution in [3.8, 4) is 6.07 Å². The Bertz CT molecular complexity index is 286. The van der Waals surface area contributed by atoms with Crippen LogP contribution in [-0.4, -0.2) is 35.8 Å². The molecular weight excluding hydrogens is 218 g/mol. The molecule has 2 atom stereocenters. The van der Waals surface area contributed by atoms with Crippen molar-refractivity contribution in [3.05, 3.63) is 0 Å². The number of nitrogens with one attached hydrogen (secondary N) is 1. The minimum absolute atomic E-state index is 0.270. The third kappa shape index (κ3) is 5.23. The predicted octanol–water partition coefficient (Wildman–Crippen LogP) is 0.941. The second kappa shape index (κ2) is 6.25. The first kappa shape index (κ1) is 13.7. The lowest BCUT2D eigenvalue weighted by molar-refractivity contribution is -0.119. The number of carbonyl (C=O) groups excluding carboxylic acids is 2. The molecular formula is C9H14ClN3O2. The van der Waals surface area contributed by atoms with Gasteiger partial charge in [-0.1, -0.05) is 0 Å². The summed E-state index contributed by atoms with van der Waals surface area (Å²) in [7, 11) is 1.51. The molecule has 84 valence electrons. The number of amides is 3. The van der Waals surface area contributed by atoms with Gasteiger partial charge in [0, 0.05) is 13.6 Å². The number of nitriles is 1. The Labute approximate surface area is 94.0 Å². The third-order valence-electron chi connectivity index (χ3n) is 1.71. The third-order valence-corrected chi connectivity index (χ3v) is 1.90. The zero-order chi connectivity index (χ0) is 12.0. The fourth-order valence-corrected chi connectivity index (χ4v) is 0.889. The molecule has 0 spiro atoms. The number of hydrogen-bond acceptors (Lipinski definition) is 3. The predicted molar refractivity (Wildman–Crippen MR) is 56.3 cm³/mol. The lowest BCUT2D eigenvalue weighted by Gasteiger charge is -2.18. The van der Waals surface area contributed by atoms with Gasteiger partial charge in [-0.3, -0.25) is 10.1 Å². The molecule has 0 aromatic heterocycles. The second-order valence-electron chi connectivity index (χ2n) is 3.32. The molecule has 0 aliphatic heterocycles. The van der Waals surface area contributed by atoms with E-state index in [0.29, 0.717) is 0 Å². The van der Waals surface area contributed by atoms with Crippen LogP contribution in [0.15, 0.2) is 0 Å². The van der Waals surface area contributed by atoms with Crippen molar-refractivity contribution in [1.82, 2.24) is 10.2 Å². The molecule has 3 amide bonds. The van der Waals surface area contributed by atoms with Crippen LogP contribution in [0.25, 0.3) is 0 Å². The number of nitrogens with zero attached hydrogens (tertiary/aromatic N) is 2. The Kier molecular flexibility index (Phi) is 5.72. The first-order chi connectivity index (χ1) is 6.88. The smallest absolute Gasteiger partial charge is 0.323 e. The first-order valence-electron chi connectivity index (χ1n) is 4.48. The summed E-state index contributed by atoms with van der Waals surface area (Å²) in [5.41, 5.74) is 0. The fourth-order valence-electron chi connectivity index (χ4n) is 0.835. The van der Waals surface area contributed by atoms with E-state index in [2.05, 4.69) is 5.32 Å². The zero-order valence-corrected chi connectivity index (χ0v) is 9.71. The summed E-state index contributed by atoms with van der Waals surface area (Å²) in [6, 6.07) is 1.45. The minimum atomic E-state index is -0.754. The summed E-state index contributed by atoms with van der Waals surface area (Å²) in [6.07, 6.45) is 0. The summed E-state index contributed by atoms with van der Waals surface area (Å²) in [5, 5.41) is 9.90. The summed E-state index contributed by atoms with van der Waals surface area (Å²) in [5.74, 6) is -0.817. The van der Waals surface area contributed by atoms with Crippen LogP contribution in [-0.2, 0) is 4.79 Å². The molecule has 0 aliphatic rings. The number of alkyl halides is 1. The summed E-state index contributed by atoms with van der Waals surface area (Å²) in [6.45, 7) is 3.43. The maximum atomic E-state index is 11.3. The quantitative estimate of drug-likeness (QED) is 0.735. The van der Waals surface area contributed by atoms with Crippen LogP contribution >= 0.6 is 11.6 Å². The van der Waals surface area contributed by atoms with Gasteiger partial charge in [-0.15, -0.1) is 11.6 Å². The number of halogens is 1. The Morgan fingerprint density at radius 3 is 2.47 bits per heavy atom. The molecule has 0 heterocycles. The van der Waals surface area contributed by atoms with Gasteiger partial charge in [0.15, 0.2) is 0 Å². The Morgan fingerprint density at radius 1 is 1.53 bits per heavy atom. The topological polar surface area (TPSA) is 73.2 Å². The SMILES string of the molecule is CC(C#N)CN(C)C(=O)NC(=O)C(C)Cl. The summed E-state index contributed by atoms with van der Waals surface area (Å²) >= 11 is 5.47. The van der Waals surface area contributed by atoms with Crippen molar-refractivity contribution in [3.63, 3.8) is 0 Å². The van der Waals surface area contributed by atoms with Gasteiger partial charge in [0.25, 0.3) is 0 Å². The van der Waals surface area contributed by atoms with Gasteiger partial charge in [0.05, 0.1) is 12.0 Å². The molecule has 0 radical (unpaired) electrons. The Balaban J connectivity index is 4.12. The molecule has 0 fully saturated rings. The van der Waals surface area contributed by atoms with Crippen LogP contribution in [0.3, 0.4) is 0 Å². The molecule has 0 aliphatic carbocycles. The normalized spacial score (nSPS) is 13.5. The highest BCUT2D eigenvalue weighted by Crippen LogP contribution is 1.97. The maximum Gasteiger partial charge on any atom is 0.323 e. The molecule has 0 saturated carbocycles. The van der Waals surface area contributed by atoms with E-state index < -0.39 is 17.3 Å². The summed E-state index contributed by atoms with van der Waals surface area (Å²) < 4.78 is 0. The fraction of sp³-hybridized carbons (Fsp3) is 0.667. The van der Waals surface area contributed by atoms with Crippen LogP contribution < -0.4 is 5.32 Å². The van der Waals surface area contributed by atoms with E-state index in [9.17, 15) is 9.59 Å². The molecule has 5 nitrogen and oxygen atoms in total. The number of carbonyl (C=O) groups is 2. The van der Waals surface area contributed by atoms with Gasteiger partial charge >= 0.3 is 6.03 Å². The number of imide groups is 1. The Morgan fingerprint density at radius 2 is 2.07 bits per heavy atom. The number of urea groups is 1. The van der Waals surface area contributed by atoms with Gasteiger partial charge in [-0.25, -0.2) is 4.79 Å². The van der Waals surface area contributed by atoms with Crippen molar-refractivity contribution in [1.29, 1.82) is 5.26 Å². The van der Waals surface area contributed by atoms with Crippen molar-refractivity contribution in [2.75, 3.05) is 13.6 Å². The molecule has 2 unspecified atom stereocenters. The minimum Gasteiger partial charge on any atom is -0.326 e. The van der Waals surface area contributed by atoms with Crippen LogP contribution in [0.4, 0.5) is 4.79 Å². The molecule has 0 aromatic rings. The Hall–Kier alpha value is -1.28. The van der Waals surface area contributed by atoms with E-state index in [1.165, 1.54) is 18.9 Å². The van der Waals surface area contributed by atoms with Gasteiger partial charge in [0.1, 0.15) is 5.38 Å². The van der Waals surface area contributed by atoms with Gasteiger partial charge in [-0.2, -0.15) is 5.26 Å². The largest absolute Gasteiger partial charge is 0.326 e. The average Bonchev–Trinajstić information content (AvgIpc) is 2.16. The van der Waals surface area contributed by atoms with E-state index in [0.717, 1.165) is 0 Å². The van der Waals surface area contributed by atoms with Crippen molar-refractivity contribution in [2.45, 2.75) is 19.2 Å². The van der Waals surface area contributed by atoms with Crippen LogP contribution in [0.1, 0.15) is 13.8 Å². The monoisotopic (exact) mass is 231 g/mol. The molecule has 15 heavy (non-hydrogen) atoms. The van der Waals surface area contributed by atoms with Crippen molar-refractivity contribution >= 4 is 23.5 Å². The standard InChI is InChI=1S/C9H14ClN3O2/c1-6(4-11)5-13(3)9(15)12-8(14)7(2)10/h6-7H,5H2,1-3H3,(H,12,14,15). The van der Waals surface area contributed by atoms with Crippen molar-refractivity contribution in [2.24, 2.45) is 5.92 Å². The highest BCUT2D eigenvalue weighted by molar-refractivity contribution is 6.31. The molecule has 0 aromatic carbocycles. The number of hydrogen-bond donors (Lipinski definition) is 1. The summed E-state index contributed by atoms with van der Waals surface area (Å²) in [4.78, 5) is 23.7. The molecule has 0 saturated heterocycles. The van der Waals surface area contributed by atoms with Crippen LogP contribution in [0.5, 0.6) is 0 Å². The highest BCUT2D eigenvalue weighted by atomic mass is 35.5. The molecule has 1 N–H and O–H groups in total. The van der Waals surface area contributed by atoms with Crippen molar-refractivity contribution < 1.29 is 9.59 Å². The molecule has 0 bridgehead atoms. The lowest BCUT2D eigenvalue weighted by Crippen LogP contribution is -2.44. The molecule has 6 heteroatoms. The van der Waals surface area contributed by atoms with Gasteiger partial charge in [-0.05, 0) is 13.8 Å². The van der Waals surface area contributed by atoms with E-state index in [1.54, 1.807) is 6.92 Å². The molecule has 0 rings (SSSR count). The van der Waals surface area contributed by atoms with Crippen LogP contribution in [0.2, 0.25) is 0 Å². The highest BCUT2D eigenvalue weighted by Gasteiger charge is 2.17. The van der Waals surface area contributed by atoms with Gasteiger partial charge < -0.3 is 4.90 Å². The first-order valence-corrected chi connectivity index (χ1v) is 4.91. The van der Waals surface area contributed by atoms with E-state index >= 15 is 0 Å². The average molecular weight is 232 g/mol. The number of rotatable bonds is 3. The zero-order valence-electron chi connectivity index (χ0n) is 8.95. The van der Waals surface area contributed by atoms with Crippen LogP contribution in [0, 0.1) is 17.2 Å². The lowest BCUT2D eigenvalue weighted by atomic mass is 10.2.